The van der Waals surface area contributed by atoms with E-state index >= 15 is 0 Å². The van der Waals surface area contributed by atoms with Crippen LogP contribution in [0.3, 0.4) is 0 Å². The Morgan fingerprint density at radius 1 is 1.25 bits per heavy atom. The second kappa shape index (κ2) is 3.99. The molecule has 2 nitrogen and oxygen atoms in total. The van der Waals surface area contributed by atoms with Gasteiger partial charge in [-0.2, -0.15) is 0 Å². The maximum atomic E-state index is 3.90. The Kier molecular flexibility index (Phi) is 2.75. The standard InChI is InChI=1S/C14H26N2/c1-11(2)14(5-6-14)10-15-13-9-16-7-3-12(13)4-8-16/h11-13,15H,3-10H2,1-2H3. The first kappa shape index (κ1) is 11.0. The van der Waals surface area contributed by atoms with Crippen molar-refractivity contribution in [1.82, 2.24) is 10.2 Å². The summed E-state index contributed by atoms with van der Waals surface area (Å²) in [7, 11) is 0. The zero-order valence-corrected chi connectivity index (χ0v) is 10.8. The number of rotatable bonds is 4. The zero-order valence-electron chi connectivity index (χ0n) is 10.8. The Morgan fingerprint density at radius 3 is 2.38 bits per heavy atom. The minimum absolute atomic E-state index is 0.673. The molecular weight excluding hydrogens is 196 g/mol. The number of hydrogen-bond acceptors (Lipinski definition) is 2. The molecule has 3 saturated heterocycles. The van der Waals surface area contributed by atoms with Gasteiger partial charge in [-0.3, -0.25) is 0 Å². The quantitative estimate of drug-likeness (QED) is 0.784. The molecule has 0 spiro atoms. The molecule has 1 aliphatic carbocycles. The lowest BCUT2D eigenvalue weighted by molar-refractivity contribution is 0.0685. The molecule has 0 aromatic heterocycles. The fourth-order valence-corrected chi connectivity index (χ4v) is 3.65. The Hall–Kier alpha value is -0.0800. The zero-order chi connectivity index (χ0) is 11.2. The minimum atomic E-state index is 0.673. The summed E-state index contributed by atoms with van der Waals surface area (Å²) in [5.41, 5.74) is 0.673. The SMILES string of the molecule is CC(C)C1(CNC2CN3CCC2CC3)CC1. The van der Waals surface area contributed by atoms with Gasteiger partial charge < -0.3 is 10.2 Å². The molecule has 0 aromatic carbocycles. The van der Waals surface area contributed by atoms with Crippen molar-refractivity contribution in [2.75, 3.05) is 26.2 Å². The van der Waals surface area contributed by atoms with Gasteiger partial charge in [0.1, 0.15) is 0 Å². The van der Waals surface area contributed by atoms with Gasteiger partial charge in [0.15, 0.2) is 0 Å². The second-order valence-electron chi connectivity index (χ2n) is 6.64. The topological polar surface area (TPSA) is 15.3 Å². The molecule has 2 heteroatoms. The van der Waals surface area contributed by atoms with Crippen molar-refractivity contribution in [2.45, 2.75) is 45.6 Å². The van der Waals surface area contributed by atoms with Crippen LogP contribution in [0.15, 0.2) is 0 Å². The van der Waals surface area contributed by atoms with Crippen LogP contribution in [0.1, 0.15) is 39.5 Å². The first-order valence-corrected chi connectivity index (χ1v) is 7.15. The van der Waals surface area contributed by atoms with Gasteiger partial charge in [0.25, 0.3) is 0 Å². The highest BCUT2D eigenvalue weighted by molar-refractivity contribution is 4.99. The lowest BCUT2D eigenvalue weighted by Gasteiger charge is -2.45. The highest BCUT2D eigenvalue weighted by Gasteiger charge is 2.46. The van der Waals surface area contributed by atoms with Crippen molar-refractivity contribution >= 4 is 0 Å². The monoisotopic (exact) mass is 222 g/mol. The predicted octanol–water partition coefficient (Wildman–Crippen LogP) is 2.11. The van der Waals surface area contributed by atoms with Crippen LogP contribution in [-0.4, -0.2) is 37.1 Å². The van der Waals surface area contributed by atoms with E-state index in [0.717, 1.165) is 17.9 Å². The van der Waals surface area contributed by atoms with Crippen molar-refractivity contribution < 1.29 is 0 Å². The van der Waals surface area contributed by atoms with Crippen LogP contribution in [0.25, 0.3) is 0 Å². The Labute approximate surface area is 99.8 Å². The van der Waals surface area contributed by atoms with E-state index in [9.17, 15) is 0 Å². The molecule has 4 aliphatic rings. The van der Waals surface area contributed by atoms with Gasteiger partial charge in [-0.15, -0.1) is 0 Å². The largest absolute Gasteiger partial charge is 0.312 e. The average molecular weight is 222 g/mol. The Bertz CT molecular complexity index is 249. The molecular formula is C14H26N2. The first-order valence-electron chi connectivity index (χ1n) is 7.15. The number of hydrogen-bond donors (Lipinski definition) is 1. The predicted molar refractivity (Wildman–Crippen MR) is 67.5 cm³/mol. The number of piperidine rings is 3. The fourth-order valence-electron chi connectivity index (χ4n) is 3.65. The molecule has 16 heavy (non-hydrogen) atoms. The van der Waals surface area contributed by atoms with Gasteiger partial charge in [0.2, 0.25) is 0 Å². The lowest BCUT2D eigenvalue weighted by atomic mass is 9.83. The summed E-state index contributed by atoms with van der Waals surface area (Å²) < 4.78 is 0. The Balaban J connectivity index is 1.52. The van der Waals surface area contributed by atoms with Gasteiger partial charge in [-0.05, 0) is 56.0 Å². The van der Waals surface area contributed by atoms with Crippen LogP contribution in [0.4, 0.5) is 0 Å². The summed E-state index contributed by atoms with van der Waals surface area (Å²) in [6.07, 6.45) is 5.79. The van der Waals surface area contributed by atoms with Crippen molar-refractivity contribution in [2.24, 2.45) is 17.3 Å². The third kappa shape index (κ3) is 1.91. The van der Waals surface area contributed by atoms with Gasteiger partial charge in [0.05, 0.1) is 0 Å². The van der Waals surface area contributed by atoms with E-state index in [-0.39, 0.29) is 0 Å². The van der Waals surface area contributed by atoms with Crippen LogP contribution in [0.2, 0.25) is 0 Å². The van der Waals surface area contributed by atoms with Crippen molar-refractivity contribution in [3.05, 3.63) is 0 Å². The van der Waals surface area contributed by atoms with Crippen LogP contribution in [0, 0.1) is 17.3 Å². The van der Waals surface area contributed by atoms with E-state index in [0.29, 0.717) is 5.41 Å². The van der Waals surface area contributed by atoms with E-state index in [4.69, 9.17) is 0 Å². The van der Waals surface area contributed by atoms with Gasteiger partial charge in [-0.25, -0.2) is 0 Å². The highest BCUT2D eigenvalue weighted by Crippen LogP contribution is 2.51. The third-order valence-corrected chi connectivity index (χ3v) is 5.49. The molecule has 92 valence electrons. The molecule has 1 atom stereocenters. The molecule has 1 N–H and O–H groups in total. The number of fused-ring (bicyclic) bond motifs is 3. The van der Waals surface area contributed by atoms with Crippen LogP contribution < -0.4 is 5.32 Å². The summed E-state index contributed by atoms with van der Waals surface area (Å²) in [5, 5.41) is 3.90. The van der Waals surface area contributed by atoms with Crippen LogP contribution >= 0.6 is 0 Å². The maximum Gasteiger partial charge on any atom is 0.0224 e. The molecule has 4 fully saturated rings. The van der Waals surface area contributed by atoms with Gasteiger partial charge in [-0.1, -0.05) is 13.8 Å². The van der Waals surface area contributed by atoms with E-state index in [1.807, 2.05) is 0 Å². The van der Waals surface area contributed by atoms with Crippen LogP contribution in [-0.2, 0) is 0 Å². The summed E-state index contributed by atoms with van der Waals surface area (Å²) >= 11 is 0. The average Bonchev–Trinajstić information content (AvgIpc) is 3.09. The molecule has 4 rings (SSSR count). The van der Waals surface area contributed by atoms with Gasteiger partial charge in [0, 0.05) is 19.1 Å². The molecule has 1 saturated carbocycles. The molecule has 1 unspecified atom stereocenters. The van der Waals surface area contributed by atoms with Crippen LogP contribution in [0.5, 0.6) is 0 Å². The molecule has 3 aliphatic heterocycles. The summed E-state index contributed by atoms with van der Waals surface area (Å²) in [4.78, 5) is 2.65. The number of nitrogens with one attached hydrogen (secondary N) is 1. The normalized spacial score (nSPS) is 40.3. The highest BCUT2D eigenvalue weighted by atomic mass is 15.2. The molecule has 2 bridgehead atoms. The summed E-state index contributed by atoms with van der Waals surface area (Å²) in [5.74, 6) is 1.84. The smallest absolute Gasteiger partial charge is 0.0224 e. The van der Waals surface area contributed by atoms with Crippen molar-refractivity contribution in [3.8, 4) is 0 Å². The van der Waals surface area contributed by atoms with Crippen molar-refractivity contribution in [1.29, 1.82) is 0 Å². The third-order valence-electron chi connectivity index (χ3n) is 5.49. The fraction of sp³-hybridized carbons (Fsp3) is 1.00. The first-order chi connectivity index (χ1) is 7.70. The van der Waals surface area contributed by atoms with E-state index in [2.05, 4.69) is 24.1 Å². The van der Waals surface area contributed by atoms with Gasteiger partial charge >= 0.3 is 0 Å². The summed E-state index contributed by atoms with van der Waals surface area (Å²) in [6, 6.07) is 0.804. The maximum absolute atomic E-state index is 3.90. The minimum Gasteiger partial charge on any atom is -0.312 e. The van der Waals surface area contributed by atoms with E-state index in [1.165, 1.54) is 51.9 Å². The molecule has 3 heterocycles. The van der Waals surface area contributed by atoms with E-state index < -0.39 is 0 Å². The van der Waals surface area contributed by atoms with Crippen molar-refractivity contribution in [3.63, 3.8) is 0 Å². The lowest BCUT2D eigenvalue weighted by Crippen LogP contribution is -2.57. The molecule has 0 radical (unpaired) electrons. The number of nitrogens with zero attached hydrogens (tertiary/aromatic N) is 1. The van der Waals surface area contributed by atoms with E-state index in [1.54, 1.807) is 0 Å². The Morgan fingerprint density at radius 2 is 1.94 bits per heavy atom. The second-order valence-corrected chi connectivity index (χ2v) is 6.64. The molecule has 0 aromatic rings. The molecule has 0 amide bonds. The summed E-state index contributed by atoms with van der Waals surface area (Å²) in [6.45, 7) is 10.1.